The molecule has 4 aliphatic rings. The topological polar surface area (TPSA) is 0 Å². The van der Waals surface area contributed by atoms with Gasteiger partial charge in [-0.05, 0) is 61.7 Å². The van der Waals surface area contributed by atoms with Gasteiger partial charge in [-0.15, -0.1) is 0 Å². The van der Waals surface area contributed by atoms with E-state index in [1.54, 1.807) is 24.4 Å². The van der Waals surface area contributed by atoms with Crippen molar-refractivity contribution < 1.29 is 0 Å². The Morgan fingerprint density at radius 3 is 1.95 bits per heavy atom. The van der Waals surface area contributed by atoms with Crippen molar-refractivity contribution in [2.45, 2.75) is 51.6 Å². The summed E-state index contributed by atoms with van der Waals surface area (Å²) in [7, 11) is -1.41. The molecule has 0 radical (unpaired) electrons. The number of rotatable bonds is 3. The van der Waals surface area contributed by atoms with Crippen LogP contribution < -0.4 is 5.19 Å². The Balaban J connectivity index is 1.58. The Morgan fingerprint density at radius 2 is 1.43 bits per heavy atom. The van der Waals surface area contributed by atoms with E-state index in [-0.39, 0.29) is 0 Å². The lowest BCUT2D eigenvalue weighted by Crippen LogP contribution is -2.46. The van der Waals surface area contributed by atoms with E-state index in [4.69, 9.17) is 0 Å². The van der Waals surface area contributed by atoms with Gasteiger partial charge in [-0.25, -0.2) is 0 Å². The van der Waals surface area contributed by atoms with E-state index in [1.807, 2.05) is 0 Å². The van der Waals surface area contributed by atoms with Crippen LogP contribution in [0.1, 0.15) is 38.5 Å². The van der Waals surface area contributed by atoms with E-state index in [0.29, 0.717) is 5.41 Å². The zero-order chi connectivity index (χ0) is 14.5. The van der Waals surface area contributed by atoms with Crippen LogP contribution in [0.3, 0.4) is 0 Å². The zero-order valence-electron chi connectivity index (χ0n) is 13.5. The van der Waals surface area contributed by atoms with Crippen LogP contribution in [0.15, 0.2) is 42.1 Å². The van der Waals surface area contributed by atoms with Gasteiger partial charge in [0, 0.05) is 0 Å². The first kappa shape index (κ1) is 13.8. The SMILES string of the molecule is C[Si](C)(/C=C/C12CC3CC(CC(C3)C1)C2)c1ccccc1. The second kappa shape index (κ2) is 4.84. The van der Waals surface area contributed by atoms with Crippen LogP contribution in [-0.4, -0.2) is 8.07 Å². The molecule has 0 atom stereocenters. The Kier molecular flexibility index (Phi) is 3.18. The predicted molar refractivity (Wildman–Crippen MR) is 93.3 cm³/mol. The third-order valence-corrected chi connectivity index (χ3v) is 9.28. The molecule has 0 nitrogen and oxygen atoms in total. The van der Waals surface area contributed by atoms with Gasteiger partial charge < -0.3 is 0 Å². The Labute approximate surface area is 130 Å². The van der Waals surface area contributed by atoms with E-state index < -0.39 is 8.07 Å². The second-order valence-electron chi connectivity index (χ2n) is 8.70. The maximum atomic E-state index is 2.71. The van der Waals surface area contributed by atoms with Crippen molar-refractivity contribution >= 4 is 13.3 Å². The molecule has 0 amide bonds. The smallest absolute Gasteiger partial charge is 0.0937 e. The van der Waals surface area contributed by atoms with Crippen molar-refractivity contribution in [1.29, 1.82) is 0 Å². The van der Waals surface area contributed by atoms with Gasteiger partial charge in [0.2, 0.25) is 0 Å². The minimum absolute atomic E-state index is 0.591. The Bertz CT molecular complexity index is 505. The molecule has 0 aliphatic heterocycles. The van der Waals surface area contributed by atoms with Crippen molar-refractivity contribution in [2.24, 2.45) is 23.2 Å². The van der Waals surface area contributed by atoms with Gasteiger partial charge in [0.1, 0.15) is 8.07 Å². The Morgan fingerprint density at radius 1 is 0.905 bits per heavy atom. The maximum Gasteiger partial charge on any atom is 0.103 e. The number of hydrogen-bond acceptors (Lipinski definition) is 0. The molecule has 0 N–H and O–H groups in total. The molecule has 21 heavy (non-hydrogen) atoms. The highest BCUT2D eigenvalue weighted by atomic mass is 28.3. The fraction of sp³-hybridized carbons (Fsp3) is 0.600. The Hall–Kier alpha value is -0.823. The first-order chi connectivity index (χ1) is 10.0. The van der Waals surface area contributed by atoms with Crippen LogP contribution in [0.4, 0.5) is 0 Å². The average molecular weight is 297 g/mol. The number of hydrogen-bond donors (Lipinski definition) is 0. The molecule has 0 unspecified atom stereocenters. The van der Waals surface area contributed by atoms with Gasteiger partial charge in [0.05, 0.1) is 0 Å². The molecule has 1 aromatic rings. The average Bonchev–Trinajstić information content (AvgIpc) is 2.45. The maximum absolute atomic E-state index is 2.71. The highest BCUT2D eigenvalue weighted by molar-refractivity contribution is 6.93. The lowest BCUT2D eigenvalue weighted by Gasteiger charge is -2.56. The lowest BCUT2D eigenvalue weighted by molar-refractivity contribution is -0.0236. The third-order valence-electron chi connectivity index (χ3n) is 6.46. The molecule has 0 spiro atoms. The first-order valence-electron chi connectivity index (χ1n) is 8.81. The van der Waals surface area contributed by atoms with Gasteiger partial charge in [0.15, 0.2) is 0 Å². The molecular formula is C20H28Si. The molecule has 112 valence electrons. The predicted octanol–water partition coefficient (Wildman–Crippen LogP) is 4.91. The standard InChI is InChI=1S/C20H28Si/c1-21(2,19-6-4-3-5-7-19)9-8-20-13-16-10-17(14-20)12-18(11-16)15-20/h3-9,16-18H,10-15H2,1-2H3/b9-8+. The van der Waals surface area contributed by atoms with Gasteiger partial charge in [0.25, 0.3) is 0 Å². The van der Waals surface area contributed by atoms with Gasteiger partial charge >= 0.3 is 0 Å². The summed E-state index contributed by atoms with van der Waals surface area (Å²) in [6.07, 6.45) is 11.8. The van der Waals surface area contributed by atoms with Crippen molar-refractivity contribution in [3.63, 3.8) is 0 Å². The molecule has 4 aliphatic carbocycles. The summed E-state index contributed by atoms with van der Waals surface area (Å²) in [5.41, 5.74) is 3.25. The van der Waals surface area contributed by atoms with Gasteiger partial charge in [-0.2, -0.15) is 0 Å². The monoisotopic (exact) mass is 296 g/mol. The van der Waals surface area contributed by atoms with Crippen LogP contribution in [0.25, 0.3) is 0 Å². The minimum atomic E-state index is -1.41. The summed E-state index contributed by atoms with van der Waals surface area (Å²) in [6.45, 7) is 5.00. The normalized spacial score (nSPS) is 38.3. The lowest BCUT2D eigenvalue weighted by atomic mass is 9.50. The van der Waals surface area contributed by atoms with Crippen molar-refractivity contribution in [1.82, 2.24) is 0 Å². The molecule has 4 saturated carbocycles. The van der Waals surface area contributed by atoms with E-state index in [2.05, 4.69) is 55.2 Å². The molecular weight excluding hydrogens is 268 g/mol. The third kappa shape index (κ3) is 2.54. The fourth-order valence-electron chi connectivity index (χ4n) is 5.73. The van der Waals surface area contributed by atoms with Crippen molar-refractivity contribution in [3.8, 4) is 0 Å². The molecule has 1 heteroatoms. The summed E-state index contributed by atoms with van der Waals surface area (Å²) in [4.78, 5) is 0. The fourth-order valence-corrected chi connectivity index (χ4v) is 7.75. The largest absolute Gasteiger partial charge is 0.103 e. The highest BCUT2D eigenvalue weighted by Crippen LogP contribution is 2.60. The molecule has 4 bridgehead atoms. The van der Waals surface area contributed by atoms with Crippen LogP contribution in [0.2, 0.25) is 13.1 Å². The first-order valence-corrected chi connectivity index (χ1v) is 11.9. The highest BCUT2D eigenvalue weighted by Gasteiger charge is 2.49. The van der Waals surface area contributed by atoms with E-state index in [1.165, 1.54) is 19.3 Å². The van der Waals surface area contributed by atoms with Crippen LogP contribution in [0, 0.1) is 23.2 Å². The van der Waals surface area contributed by atoms with E-state index in [0.717, 1.165) is 17.8 Å². The molecule has 0 heterocycles. The molecule has 0 saturated heterocycles. The molecule has 0 aromatic heterocycles. The zero-order valence-corrected chi connectivity index (χ0v) is 14.5. The van der Waals surface area contributed by atoms with Gasteiger partial charge in [-0.1, -0.05) is 60.4 Å². The minimum Gasteiger partial charge on any atom is -0.0937 e. The molecule has 1 aromatic carbocycles. The summed E-state index contributed by atoms with van der Waals surface area (Å²) in [6, 6.07) is 11.2. The summed E-state index contributed by atoms with van der Waals surface area (Å²) in [5.74, 6) is 3.17. The van der Waals surface area contributed by atoms with Crippen LogP contribution in [-0.2, 0) is 0 Å². The van der Waals surface area contributed by atoms with Crippen LogP contribution in [0.5, 0.6) is 0 Å². The molecule has 5 rings (SSSR count). The summed E-state index contributed by atoms with van der Waals surface area (Å²) < 4.78 is 0. The summed E-state index contributed by atoms with van der Waals surface area (Å²) >= 11 is 0. The summed E-state index contributed by atoms with van der Waals surface area (Å²) in [5, 5.41) is 1.57. The van der Waals surface area contributed by atoms with E-state index >= 15 is 0 Å². The van der Waals surface area contributed by atoms with E-state index in [9.17, 15) is 0 Å². The molecule has 4 fully saturated rings. The quantitative estimate of drug-likeness (QED) is 0.695. The van der Waals surface area contributed by atoms with Crippen LogP contribution >= 0.6 is 0 Å². The number of benzene rings is 1. The van der Waals surface area contributed by atoms with Gasteiger partial charge in [-0.3, -0.25) is 0 Å². The van der Waals surface area contributed by atoms with Crippen molar-refractivity contribution in [3.05, 3.63) is 42.1 Å². The van der Waals surface area contributed by atoms with Crippen molar-refractivity contribution in [2.75, 3.05) is 0 Å². The number of allylic oxidation sites excluding steroid dienone is 1. The second-order valence-corrected chi connectivity index (χ2v) is 13.1.